The number of nitrogens with zero attached hydrogens (tertiary/aromatic N) is 4. The van der Waals surface area contributed by atoms with Crippen molar-refractivity contribution in [1.82, 2.24) is 19.5 Å². The molecule has 0 unspecified atom stereocenters. The summed E-state index contributed by atoms with van der Waals surface area (Å²) < 4.78 is 18.9. The Kier molecular flexibility index (Phi) is 4.58. The Hall–Kier alpha value is -3.13. The zero-order valence-electron chi connectivity index (χ0n) is 17.1. The smallest absolute Gasteiger partial charge is 0.272 e. The van der Waals surface area contributed by atoms with Gasteiger partial charge in [-0.15, -0.1) is 0 Å². The highest BCUT2D eigenvalue weighted by molar-refractivity contribution is 5.93. The second-order valence-corrected chi connectivity index (χ2v) is 7.69. The summed E-state index contributed by atoms with van der Waals surface area (Å²) in [5.41, 5.74) is 3.17. The highest BCUT2D eigenvalue weighted by Gasteiger charge is 2.42. The van der Waals surface area contributed by atoms with E-state index in [1.165, 1.54) is 11.9 Å². The molecule has 0 bridgehead atoms. The summed E-state index contributed by atoms with van der Waals surface area (Å²) in [6, 6.07) is 9.56. The lowest BCUT2D eigenvalue weighted by Gasteiger charge is -2.45. The summed E-state index contributed by atoms with van der Waals surface area (Å²) in [7, 11) is 3.30. The third kappa shape index (κ3) is 2.90. The third-order valence-electron chi connectivity index (χ3n) is 6.23. The van der Waals surface area contributed by atoms with E-state index in [1.54, 1.807) is 24.8 Å². The van der Waals surface area contributed by atoms with Crippen molar-refractivity contribution in [1.29, 1.82) is 0 Å². The van der Waals surface area contributed by atoms with Crippen LogP contribution in [0.25, 0.3) is 5.65 Å². The van der Waals surface area contributed by atoms with Gasteiger partial charge in [0, 0.05) is 13.1 Å². The molecule has 1 spiro atoms. The lowest BCUT2D eigenvalue weighted by Crippen LogP contribution is -2.48. The van der Waals surface area contributed by atoms with E-state index in [9.17, 15) is 4.79 Å². The van der Waals surface area contributed by atoms with Crippen LogP contribution in [0.3, 0.4) is 0 Å². The molecule has 8 heteroatoms. The molecule has 3 aromatic rings. The fourth-order valence-corrected chi connectivity index (χ4v) is 4.64. The number of carbonyl (C=O) groups is 1. The first-order chi connectivity index (χ1) is 14.6. The first-order valence-electron chi connectivity index (χ1n) is 10.1. The van der Waals surface area contributed by atoms with Gasteiger partial charge in [0.05, 0.1) is 26.4 Å². The molecule has 4 heterocycles. The van der Waals surface area contributed by atoms with Crippen LogP contribution in [-0.2, 0) is 16.8 Å². The molecule has 0 atom stereocenters. The highest BCUT2D eigenvalue weighted by atomic mass is 16.5. The van der Waals surface area contributed by atoms with Crippen LogP contribution in [0.5, 0.6) is 11.5 Å². The molecule has 2 aromatic heterocycles. The Morgan fingerprint density at radius 1 is 1.13 bits per heavy atom. The summed E-state index contributed by atoms with van der Waals surface area (Å²) in [6.07, 6.45) is 3.77. The number of likely N-dealkylation sites (tertiary alicyclic amines) is 1. The molecule has 2 aliphatic rings. The lowest BCUT2D eigenvalue weighted by molar-refractivity contribution is -0.0937. The zero-order valence-corrected chi connectivity index (χ0v) is 17.1. The summed E-state index contributed by atoms with van der Waals surface area (Å²) in [6.45, 7) is 1.88. The van der Waals surface area contributed by atoms with E-state index in [1.807, 2.05) is 23.1 Å². The SMILES string of the molecule is COc1cc2c(cc1OC)C1(CCN(C(=O)c3cccc4ncnn34)CC1)OCC2. The highest BCUT2D eigenvalue weighted by Crippen LogP contribution is 2.45. The standard InChI is InChI=1S/C22H24N4O4/c1-28-18-12-15-6-11-30-22(16(15)13-19(18)29-2)7-9-25(10-8-22)21(27)17-4-3-5-20-23-14-24-26(17)20/h3-5,12-14H,6-11H2,1-2H3. The number of carbonyl (C=O) groups excluding carboxylic acids is 1. The molecule has 0 radical (unpaired) electrons. The molecule has 5 rings (SSSR count). The van der Waals surface area contributed by atoms with Crippen LogP contribution >= 0.6 is 0 Å². The van der Waals surface area contributed by atoms with Crippen LogP contribution in [0.15, 0.2) is 36.7 Å². The molecular weight excluding hydrogens is 384 g/mol. The zero-order chi connectivity index (χ0) is 20.7. The molecule has 30 heavy (non-hydrogen) atoms. The van der Waals surface area contributed by atoms with Gasteiger partial charge >= 0.3 is 0 Å². The fourth-order valence-electron chi connectivity index (χ4n) is 4.64. The maximum Gasteiger partial charge on any atom is 0.272 e. The van der Waals surface area contributed by atoms with E-state index in [0.29, 0.717) is 36.8 Å². The quantitative estimate of drug-likeness (QED) is 0.663. The van der Waals surface area contributed by atoms with Gasteiger partial charge in [0.1, 0.15) is 12.0 Å². The monoisotopic (exact) mass is 408 g/mol. The molecule has 1 fully saturated rings. The minimum Gasteiger partial charge on any atom is -0.493 e. The van der Waals surface area contributed by atoms with Gasteiger partial charge in [-0.2, -0.15) is 5.10 Å². The maximum absolute atomic E-state index is 13.2. The number of amides is 1. The number of hydrogen-bond acceptors (Lipinski definition) is 6. The fraction of sp³-hybridized carbons (Fsp3) is 0.409. The number of piperidine rings is 1. The van der Waals surface area contributed by atoms with Crippen molar-refractivity contribution >= 4 is 11.6 Å². The summed E-state index contributed by atoms with van der Waals surface area (Å²) >= 11 is 0. The number of fused-ring (bicyclic) bond motifs is 3. The van der Waals surface area contributed by atoms with Gasteiger partial charge in [-0.05, 0) is 54.7 Å². The Morgan fingerprint density at radius 2 is 1.90 bits per heavy atom. The van der Waals surface area contributed by atoms with Gasteiger partial charge in [-0.25, -0.2) is 9.50 Å². The molecule has 1 aromatic carbocycles. The molecule has 0 saturated carbocycles. The number of methoxy groups -OCH3 is 2. The molecule has 1 amide bonds. The Morgan fingerprint density at radius 3 is 2.67 bits per heavy atom. The number of ether oxygens (including phenoxy) is 3. The molecule has 156 valence electrons. The van der Waals surface area contributed by atoms with Crippen LogP contribution < -0.4 is 9.47 Å². The van der Waals surface area contributed by atoms with Gasteiger partial charge in [0.15, 0.2) is 17.1 Å². The Bertz CT molecular complexity index is 1100. The van der Waals surface area contributed by atoms with Gasteiger partial charge in [-0.3, -0.25) is 4.79 Å². The van der Waals surface area contributed by atoms with E-state index in [2.05, 4.69) is 16.1 Å². The van der Waals surface area contributed by atoms with Crippen LogP contribution in [-0.4, -0.2) is 59.3 Å². The first-order valence-corrected chi connectivity index (χ1v) is 10.1. The second kappa shape index (κ2) is 7.28. The molecule has 0 N–H and O–H groups in total. The summed E-state index contributed by atoms with van der Waals surface area (Å²) in [5, 5.41) is 4.19. The van der Waals surface area contributed by atoms with Crippen molar-refractivity contribution in [2.24, 2.45) is 0 Å². The second-order valence-electron chi connectivity index (χ2n) is 7.69. The van der Waals surface area contributed by atoms with Crippen molar-refractivity contribution in [3.63, 3.8) is 0 Å². The van der Waals surface area contributed by atoms with Crippen molar-refractivity contribution < 1.29 is 19.0 Å². The third-order valence-corrected chi connectivity index (χ3v) is 6.23. The predicted molar refractivity (Wildman–Crippen MR) is 109 cm³/mol. The van der Waals surface area contributed by atoms with Crippen molar-refractivity contribution in [2.45, 2.75) is 24.9 Å². The lowest BCUT2D eigenvalue weighted by atomic mass is 9.79. The average Bonchev–Trinajstić information content (AvgIpc) is 3.27. The molecule has 0 aliphatic carbocycles. The average molecular weight is 408 g/mol. The van der Waals surface area contributed by atoms with Crippen LogP contribution in [0.1, 0.15) is 34.5 Å². The van der Waals surface area contributed by atoms with Gasteiger partial charge in [0.2, 0.25) is 0 Å². The van der Waals surface area contributed by atoms with Crippen LogP contribution in [0.2, 0.25) is 0 Å². The van der Waals surface area contributed by atoms with Crippen molar-refractivity contribution in [3.05, 3.63) is 53.5 Å². The van der Waals surface area contributed by atoms with Crippen LogP contribution in [0, 0.1) is 0 Å². The first kappa shape index (κ1) is 18.9. The van der Waals surface area contributed by atoms with E-state index in [4.69, 9.17) is 14.2 Å². The minimum atomic E-state index is -0.400. The molecule has 8 nitrogen and oxygen atoms in total. The maximum atomic E-state index is 13.2. The topological polar surface area (TPSA) is 78.2 Å². The van der Waals surface area contributed by atoms with Gasteiger partial charge in [-0.1, -0.05) is 6.07 Å². The van der Waals surface area contributed by atoms with Gasteiger partial charge < -0.3 is 19.1 Å². The van der Waals surface area contributed by atoms with Crippen molar-refractivity contribution in [3.8, 4) is 11.5 Å². The Balaban J connectivity index is 1.41. The number of aromatic nitrogens is 3. The predicted octanol–water partition coefficient (Wildman–Crippen LogP) is 2.45. The van der Waals surface area contributed by atoms with E-state index < -0.39 is 5.60 Å². The minimum absolute atomic E-state index is 0.0377. The van der Waals surface area contributed by atoms with Crippen LogP contribution in [0.4, 0.5) is 0 Å². The molecular formula is C22H24N4O4. The number of benzene rings is 1. The Labute approximate surface area is 174 Å². The molecule has 1 saturated heterocycles. The normalized spacial score (nSPS) is 17.7. The van der Waals surface area contributed by atoms with E-state index in [-0.39, 0.29) is 5.91 Å². The number of hydrogen-bond donors (Lipinski definition) is 0. The summed E-state index contributed by atoms with van der Waals surface area (Å²) in [5.74, 6) is 1.41. The van der Waals surface area contributed by atoms with Gasteiger partial charge in [0.25, 0.3) is 5.91 Å². The van der Waals surface area contributed by atoms with E-state index in [0.717, 1.165) is 30.6 Å². The molecule has 2 aliphatic heterocycles. The largest absolute Gasteiger partial charge is 0.493 e. The number of rotatable bonds is 3. The summed E-state index contributed by atoms with van der Waals surface area (Å²) in [4.78, 5) is 19.2. The van der Waals surface area contributed by atoms with Crippen molar-refractivity contribution in [2.75, 3.05) is 33.9 Å². The van der Waals surface area contributed by atoms with E-state index >= 15 is 0 Å². The number of pyridine rings is 1.